The number of rotatable bonds is 5. The first-order chi connectivity index (χ1) is 17.4. The van der Waals surface area contributed by atoms with Crippen LogP contribution in [0, 0.1) is 5.82 Å². The van der Waals surface area contributed by atoms with Crippen molar-refractivity contribution in [3.05, 3.63) is 94.3 Å². The largest absolute Gasteiger partial charge is 0.507 e. The van der Waals surface area contributed by atoms with E-state index in [0.717, 1.165) is 31.6 Å². The Labute approximate surface area is 213 Å². The van der Waals surface area contributed by atoms with Gasteiger partial charge in [0, 0.05) is 35.6 Å². The summed E-state index contributed by atoms with van der Waals surface area (Å²) in [6.07, 6.45) is 2.25. The van der Waals surface area contributed by atoms with Crippen molar-refractivity contribution in [2.75, 3.05) is 30.0 Å². The van der Waals surface area contributed by atoms with Gasteiger partial charge in [0.05, 0.1) is 23.7 Å². The molecule has 3 aromatic carbocycles. The van der Waals surface area contributed by atoms with E-state index in [9.17, 15) is 14.7 Å². The van der Waals surface area contributed by atoms with Crippen molar-refractivity contribution in [2.24, 2.45) is 0 Å². The van der Waals surface area contributed by atoms with Gasteiger partial charge in [0.1, 0.15) is 17.3 Å². The highest BCUT2D eigenvalue weighted by Crippen LogP contribution is 2.43. The summed E-state index contributed by atoms with van der Waals surface area (Å²) < 4.78 is 20.3. The molecule has 6 nitrogen and oxygen atoms in total. The zero-order chi connectivity index (χ0) is 25.4. The maximum absolute atomic E-state index is 15.1. The number of benzene rings is 3. The van der Waals surface area contributed by atoms with Crippen LogP contribution in [0.3, 0.4) is 0 Å². The zero-order valence-corrected chi connectivity index (χ0v) is 20.3. The number of carbonyl (C=O) groups excluding carboxylic acids is 2. The molecule has 2 heterocycles. The molecule has 0 aliphatic carbocycles. The van der Waals surface area contributed by atoms with Crippen molar-refractivity contribution in [2.45, 2.75) is 18.9 Å². The number of hydrogen-bond donors (Lipinski definition) is 1. The lowest BCUT2D eigenvalue weighted by molar-refractivity contribution is -0.132. The number of halogens is 2. The molecule has 3 aromatic rings. The lowest BCUT2D eigenvalue weighted by atomic mass is 9.94. The topological polar surface area (TPSA) is 70.1 Å². The molecule has 2 fully saturated rings. The van der Waals surface area contributed by atoms with E-state index in [-0.39, 0.29) is 22.4 Å². The lowest BCUT2D eigenvalue weighted by Gasteiger charge is -2.26. The van der Waals surface area contributed by atoms with Crippen LogP contribution >= 0.6 is 11.6 Å². The number of ether oxygens (including phenoxy) is 1. The number of aliphatic hydroxyl groups excluding tert-OH is 1. The summed E-state index contributed by atoms with van der Waals surface area (Å²) in [6.45, 7) is 1.92. The Morgan fingerprint density at radius 1 is 1.00 bits per heavy atom. The highest BCUT2D eigenvalue weighted by molar-refractivity contribution is 6.51. The molecule has 36 heavy (non-hydrogen) atoms. The molecule has 1 N–H and O–H groups in total. The third-order valence-corrected chi connectivity index (χ3v) is 6.98. The Morgan fingerprint density at radius 2 is 1.67 bits per heavy atom. The highest BCUT2D eigenvalue weighted by atomic mass is 35.5. The molecule has 5 rings (SSSR count). The molecule has 2 saturated heterocycles. The lowest BCUT2D eigenvalue weighted by Crippen LogP contribution is -2.30. The molecule has 0 radical (unpaired) electrons. The fourth-order valence-electron chi connectivity index (χ4n) is 4.85. The number of methoxy groups -OCH3 is 1. The Morgan fingerprint density at radius 3 is 2.33 bits per heavy atom. The predicted molar refractivity (Wildman–Crippen MR) is 137 cm³/mol. The maximum Gasteiger partial charge on any atom is 0.300 e. The molecular weight excluding hydrogens is 483 g/mol. The number of aliphatic hydroxyl groups is 1. The molecule has 2 aliphatic rings. The molecule has 1 amide bonds. The van der Waals surface area contributed by atoms with E-state index in [2.05, 4.69) is 4.90 Å². The average molecular weight is 507 g/mol. The van der Waals surface area contributed by atoms with Gasteiger partial charge in [-0.3, -0.25) is 14.5 Å². The smallest absolute Gasteiger partial charge is 0.300 e. The Balaban J connectivity index is 1.65. The fraction of sp³-hybridized carbons (Fsp3) is 0.214. The SMILES string of the molecule is COc1cc(/C(O)=C2\C(=O)C(=O)N(c3ccc(N4CCCC4)cc3)C2c2ccccc2F)ccc1Cl. The van der Waals surface area contributed by atoms with Crippen molar-refractivity contribution < 1.29 is 23.8 Å². The summed E-state index contributed by atoms with van der Waals surface area (Å²) in [4.78, 5) is 30.1. The van der Waals surface area contributed by atoms with Crippen LogP contribution in [0.1, 0.15) is 30.0 Å². The summed E-state index contributed by atoms with van der Waals surface area (Å²) in [5, 5.41) is 11.6. The van der Waals surface area contributed by atoms with Crippen LogP contribution < -0.4 is 14.5 Å². The van der Waals surface area contributed by atoms with E-state index >= 15 is 4.39 Å². The first-order valence-electron chi connectivity index (χ1n) is 11.6. The van der Waals surface area contributed by atoms with Gasteiger partial charge in [0.2, 0.25) is 0 Å². The normalized spacial score (nSPS) is 19.2. The van der Waals surface area contributed by atoms with E-state index in [1.807, 2.05) is 12.1 Å². The summed E-state index contributed by atoms with van der Waals surface area (Å²) in [5.41, 5.74) is 1.56. The van der Waals surface area contributed by atoms with E-state index < -0.39 is 29.3 Å². The minimum absolute atomic E-state index is 0.0998. The van der Waals surface area contributed by atoms with E-state index in [4.69, 9.17) is 16.3 Å². The van der Waals surface area contributed by atoms with Crippen LogP contribution in [0.15, 0.2) is 72.3 Å². The Kier molecular flexibility index (Phi) is 6.41. The van der Waals surface area contributed by atoms with Crippen molar-refractivity contribution >= 4 is 40.4 Å². The second-order valence-corrected chi connectivity index (χ2v) is 9.16. The first-order valence-corrected chi connectivity index (χ1v) is 12.0. The van der Waals surface area contributed by atoms with Crippen LogP contribution in [-0.2, 0) is 9.59 Å². The monoisotopic (exact) mass is 506 g/mol. The van der Waals surface area contributed by atoms with E-state index in [1.165, 1.54) is 48.4 Å². The minimum Gasteiger partial charge on any atom is -0.507 e. The van der Waals surface area contributed by atoms with Crippen molar-refractivity contribution in [3.8, 4) is 5.75 Å². The van der Waals surface area contributed by atoms with Crippen molar-refractivity contribution in [1.82, 2.24) is 0 Å². The number of ketones is 1. The van der Waals surface area contributed by atoms with Gasteiger partial charge < -0.3 is 14.7 Å². The molecule has 1 atom stereocenters. The quantitative estimate of drug-likeness (QED) is 0.272. The van der Waals surface area contributed by atoms with Gasteiger partial charge in [-0.15, -0.1) is 0 Å². The molecule has 0 bridgehead atoms. The number of amides is 1. The van der Waals surface area contributed by atoms with Crippen molar-refractivity contribution in [1.29, 1.82) is 0 Å². The van der Waals surface area contributed by atoms with Gasteiger partial charge in [0.25, 0.3) is 11.7 Å². The second kappa shape index (κ2) is 9.66. The fourth-order valence-corrected chi connectivity index (χ4v) is 5.05. The molecule has 0 saturated carbocycles. The van der Waals surface area contributed by atoms with E-state index in [0.29, 0.717) is 10.7 Å². The van der Waals surface area contributed by atoms with Crippen LogP contribution in [0.25, 0.3) is 5.76 Å². The van der Waals surface area contributed by atoms with Gasteiger partial charge in [-0.2, -0.15) is 0 Å². The van der Waals surface area contributed by atoms with Gasteiger partial charge in [-0.05, 0) is 61.4 Å². The van der Waals surface area contributed by atoms with Crippen molar-refractivity contribution in [3.63, 3.8) is 0 Å². The van der Waals surface area contributed by atoms with Gasteiger partial charge in [0.15, 0.2) is 0 Å². The highest BCUT2D eigenvalue weighted by Gasteiger charge is 2.47. The van der Waals surface area contributed by atoms with Crippen LogP contribution in [0.4, 0.5) is 15.8 Å². The van der Waals surface area contributed by atoms with Gasteiger partial charge in [-0.1, -0.05) is 29.8 Å². The summed E-state index contributed by atoms with van der Waals surface area (Å²) in [6, 6.07) is 16.5. The maximum atomic E-state index is 15.1. The number of carbonyl (C=O) groups is 2. The number of Topliss-reactive ketones (excluding diaryl/α,β-unsaturated/α-hetero) is 1. The average Bonchev–Trinajstić information content (AvgIpc) is 3.52. The summed E-state index contributed by atoms with van der Waals surface area (Å²) in [5.74, 6) is -2.50. The third kappa shape index (κ3) is 4.09. The van der Waals surface area contributed by atoms with Gasteiger partial charge >= 0.3 is 0 Å². The minimum atomic E-state index is -1.16. The Hall–Kier alpha value is -3.84. The molecule has 2 aliphatic heterocycles. The molecule has 8 heteroatoms. The number of anilines is 2. The number of nitrogens with zero attached hydrogens (tertiary/aromatic N) is 2. The molecule has 0 aromatic heterocycles. The number of hydrogen-bond acceptors (Lipinski definition) is 5. The standard InChI is InChI=1S/C28H24ClFN2O4/c1-36-23-16-17(8-13-21(23)29)26(33)24-25(20-6-2-3-7-22(20)30)32(28(35)27(24)34)19-11-9-18(10-12-19)31-14-4-5-15-31/h2-3,6-13,16,25,33H,4-5,14-15H2,1H3/b26-24+. The summed E-state index contributed by atoms with van der Waals surface area (Å²) >= 11 is 6.12. The Bertz CT molecular complexity index is 1370. The summed E-state index contributed by atoms with van der Waals surface area (Å²) in [7, 11) is 1.43. The zero-order valence-electron chi connectivity index (χ0n) is 19.6. The first kappa shape index (κ1) is 23.9. The molecule has 184 valence electrons. The predicted octanol–water partition coefficient (Wildman–Crippen LogP) is 5.71. The third-order valence-electron chi connectivity index (χ3n) is 6.67. The molecular formula is C28H24ClFN2O4. The van der Waals surface area contributed by atoms with Crippen LogP contribution in [-0.4, -0.2) is 37.0 Å². The van der Waals surface area contributed by atoms with Crippen LogP contribution in [0.2, 0.25) is 5.02 Å². The van der Waals surface area contributed by atoms with Gasteiger partial charge in [-0.25, -0.2) is 4.39 Å². The molecule has 0 spiro atoms. The molecule has 1 unspecified atom stereocenters. The van der Waals surface area contributed by atoms with Crippen LogP contribution in [0.5, 0.6) is 5.75 Å². The second-order valence-electron chi connectivity index (χ2n) is 8.75. The van der Waals surface area contributed by atoms with E-state index in [1.54, 1.807) is 18.2 Å².